The molecule has 20 heavy (non-hydrogen) atoms. The molecule has 2 atom stereocenters. The number of hydrogen-bond acceptors (Lipinski definition) is 3. The molecular weight excluding hydrogens is 257 g/mol. The summed E-state index contributed by atoms with van der Waals surface area (Å²) >= 11 is 0. The third-order valence-electron chi connectivity index (χ3n) is 4.27. The number of benzene rings is 1. The van der Waals surface area contributed by atoms with E-state index in [-0.39, 0.29) is 17.7 Å². The Morgan fingerprint density at radius 1 is 1.50 bits per heavy atom. The van der Waals surface area contributed by atoms with Crippen LogP contribution in [0.2, 0.25) is 0 Å². The predicted octanol–water partition coefficient (Wildman–Crippen LogP) is 3.67. The molecule has 1 aromatic carbocycles. The van der Waals surface area contributed by atoms with E-state index in [1.54, 1.807) is 0 Å². The number of rotatable bonds is 4. The zero-order valence-corrected chi connectivity index (χ0v) is 12.3. The molecule has 3 nitrogen and oxygen atoms in total. The zero-order valence-electron chi connectivity index (χ0n) is 12.3. The normalized spacial score (nSPS) is 25.5. The van der Waals surface area contributed by atoms with Gasteiger partial charge in [-0.3, -0.25) is 0 Å². The second-order valence-electron chi connectivity index (χ2n) is 5.60. The van der Waals surface area contributed by atoms with Crippen LogP contribution in [0.1, 0.15) is 38.2 Å². The number of esters is 1. The SMILES string of the molecule is CCC1CCCC1(Nc1cc(C)cc(F)c1)C(=O)OC. The number of hydrogen-bond donors (Lipinski definition) is 1. The molecule has 1 aromatic rings. The first-order chi connectivity index (χ1) is 9.51. The van der Waals surface area contributed by atoms with Gasteiger partial charge in [-0.2, -0.15) is 0 Å². The fourth-order valence-corrected chi connectivity index (χ4v) is 3.36. The largest absolute Gasteiger partial charge is 0.467 e. The van der Waals surface area contributed by atoms with Crippen molar-refractivity contribution in [3.63, 3.8) is 0 Å². The molecule has 110 valence electrons. The van der Waals surface area contributed by atoms with Gasteiger partial charge in [-0.05, 0) is 49.4 Å². The van der Waals surface area contributed by atoms with Crippen molar-refractivity contribution >= 4 is 11.7 Å². The van der Waals surface area contributed by atoms with Crippen LogP contribution in [-0.2, 0) is 9.53 Å². The van der Waals surface area contributed by atoms with Gasteiger partial charge in [0.05, 0.1) is 7.11 Å². The number of carbonyl (C=O) groups is 1. The van der Waals surface area contributed by atoms with E-state index >= 15 is 0 Å². The smallest absolute Gasteiger partial charge is 0.331 e. The van der Waals surface area contributed by atoms with Crippen LogP contribution in [0.25, 0.3) is 0 Å². The molecule has 0 amide bonds. The van der Waals surface area contributed by atoms with Crippen LogP contribution in [0.4, 0.5) is 10.1 Å². The topological polar surface area (TPSA) is 38.3 Å². The van der Waals surface area contributed by atoms with Crippen molar-refractivity contribution in [3.05, 3.63) is 29.6 Å². The van der Waals surface area contributed by atoms with Crippen molar-refractivity contribution in [2.75, 3.05) is 12.4 Å². The van der Waals surface area contributed by atoms with Gasteiger partial charge in [-0.25, -0.2) is 9.18 Å². The predicted molar refractivity (Wildman–Crippen MR) is 77.1 cm³/mol. The van der Waals surface area contributed by atoms with Crippen LogP contribution in [-0.4, -0.2) is 18.6 Å². The minimum Gasteiger partial charge on any atom is -0.467 e. The van der Waals surface area contributed by atoms with E-state index in [4.69, 9.17) is 4.74 Å². The summed E-state index contributed by atoms with van der Waals surface area (Å²) in [6.45, 7) is 3.91. The number of methoxy groups -OCH3 is 1. The first-order valence-corrected chi connectivity index (χ1v) is 7.15. The zero-order chi connectivity index (χ0) is 14.8. The van der Waals surface area contributed by atoms with Crippen LogP contribution in [0.3, 0.4) is 0 Å². The van der Waals surface area contributed by atoms with Crippen LogP contribution in [0, 0.1) is 18.7 Å². The summed E-state index contributed by atoms with van der Waals surface area (Å²) in [5.74, 6) is -0.319. The molecule has 0 heterocycles. The number of anilines is 1. The summed E-state index contributed by atoms with van der Waals surface area (Å²) in [5, 5.41) is 3.27. The molecule has 0 spiro atoms. The first kappa shape index (κ1) is 14.8. The molecule has 2 rings (SSSR count). The Balaban J connectivity index is 2.35. The lowest BCUT2D eigenvalue weighted by molar-refractivity contribution is -0.147. The highest BCUT2D eigenvalue weighted by Gasteiger charge is 2.49. The summed E-state index contributed by atoms with van der Waals surface area (Å²) in [6, 6.07) is 4.77. The minimum atomic E-state index is -0.719. The Labute approximate surface area is 119 Å². The van der Waals surface area contributed by atoms with Gasteiger partial charge in [-0.15, -0.1) is 0 Å². The summed E-state index contributed by atoms with van der Waals surface area (Å²) in [4.78, 5) is 12.3. The van der Waals surface area contributed by atoms with Gasteiger partial charge >= 0.3 is 5.97 Å². The minimum absolute atomic E-state index is 0.221. The highest BCUT2D eigenvalue weighted by molar-refractivity contribution is 5.85. The number of halogens is 1. The van der Waals surface area contributed by atoms with Gasteiger partial charge in [-0.1, -0.05) is 19.8 Å². The highest BCUT2D eigenvalue weighted by Crippen LogP contribution is 2.41. The van der Waals surface area contributed by atoms with Crippen LogP contribution < -0.4 is 5.32 Å². The fourth-order valence-electron chi connectivity index (χ4n) is 3.36. The average molecular weight is 279 g/mol. The molecule has 0 bridgehead atoms. The molecule has 1 N–H and O–H groups in total. The number of carbonyl (C=O) groups excluding carboxylic acids is 1. The monoisotopic (exact) mass is 279 g/mol. The van der Waals surface area contributed by atoms with Crippen LogP contribution in [0.15, 0.2) is 18.2 Å². The summed E-state index contributed by atoms with van der Waals surface area (Å²) in [6.07, 6.45) is 3.60. The molecule has 0 aliphatic heterocycles. The van der Waals surface area contributed by atoms with Gasteiger partial charge in [0, 0.05) is 5.69 Å². The molecule has 1 saturated carbocycles. The maximum absolute atomic E-state index is 13.5. The fraction of sp³-hybridized carbons (Fsp3) is 0.562. The lowest BCUT2D eigenvalue weighted by atomic mass is 9.84. The maximum atomic E-state index is 13.5. The maximum Gasteiger partial charge on any atom is 0.331 e. The van der Waals surface area contributed by atoms with Crippen LogP contribution >= 0.6 is 0 Å². The molecule has 2 unspecified atom stereocenters. The quantitative estimate of drug-likeness (QED) is 0.855. The Bertz CT molecular complexity index is 483. The standard InChI is InChI=1S/C16H22FNO2/c1-4-12-6-5-7-16(12,15(19)20-3)18-14-9-11(2)8-13(17)10-14/h8-10,12,18H,4-7H2,1-3H3. The Kier molecular flexibility index (Phi) is 4.31. The van der Waals surface area contributed by atoms with Crippen molar-refractivity contribution in [1.29, 1.82) is 0 Å². The number of nitrogens with one attached hydrogen (secondary N) is 1. The molecule has 0 radical (unpaired) electrons. The second kappa shape index (κ2) is 5.81. The summed E-state index contributed by atoms with van der Waals surface area (Å²) in [5.41, 5.74) is 0.760. The van der Waals surface area contributed by atoms with E-state index in [0.29, 0.717) is 5.69 Å². The van der Waals surface area contributed by atoms with Crippen molar-refractivity contribution < 1.29 is 13.9 Å². The summed E-state index contributed by atoms with van der Waals surface area (Å²) < 4.78 is 18.5. The lowest BCUT2D eigenvalue weighted by Crippen LogP contribution is -2.50. The van der Waals surface area contributed by atoms with Crippen molar-refractivity contribution in [2.45, 2.75) is 45.1 Å². The van der Waals surface area contributed by atoms with Gasteiger partial charge in [0.15, 0.2) is 0 Å². The van der Waals surface area contributed by atoms with E-state index in [9.17, 15) is 9.18 Å². The average Bonchev–Trinajstić information content (AvgIpc) is 2.80. The van der Waals surface area contributed by atoms with E-state index in [1.807, 2.05) is 13.0 Å². The Morgan fingerprint density at radius 3 is 2.85 bits per heavy atom. The van der Waals surface area contributed by atoms with Gasteiger partial charge in [0.25, 0.3) is 0 Å². The van der Waals surface area contributed by atoms with E-state index in [2.05, 4.69) is 12.2 Å². The van der Waals surface area contributed by atoms with E-state index in [1.165, 1.54) is 19.2 Å². The van der Waals surface area contributed by atoms with Crippen LogP contribution in [0.5, 0.6) is 0 Å². The highest BCUT2D eigenvalue weighted by atomic mass is 19.1. The van der Waals surface area contributed by atoms with Gasteiger partial charge < -0.3 is 10.1 Å². The molecule has 0 saturated heterocycles. The first-order valence-electron chi connectivity index (χ1n) is 7.15. The van der Waals surface area contributed by atoms with Gasteiger partial charge in [0.1, 0.15) is 11.4 Å². The third kappa shape index (κ3) is 2.65. The number of ether oxygens (including phenoxy) is 1. The van der Waals surface area contributed by atoms with Crippen molar-refractivity contribution in [1.82, 2.24) is 0 Å². The lowest BCUT2D eigenvalue weighted by Gasteiger charge is -2.34. The second-order valence-corrected chi connectivity index (χ2v) is 5.60. The van der Waals surface area contributed by atoms with E-state index < -0.39 is 5.54 Å². The van der Waals surface area contributed by atoms with Crippen molar-refractivity contribution in [2.24, 2.45) is 5.92 Å². The molecule has 1 fully saturated rings. The summed E-state index contributed by atoms with van der Waals surface area (Å²) in [7, 11) is 1.41. The van der Waals surface area contributed by atoms with Gasteiger partial charge in [0.2, 0.25) is 0 Å². The van der Waals surface area contributed by atoms with Crippen molar-refractivity contribution in [3.8, 4) is 0 Å². The molecule has 0 aromatic heterocycles. The van der Waals surface area contributed by atoms with E-state index in [0.717, 1.165) is 31.2 Å². The number of aryl methyl sites for hydroxylation is 1. The third-order valence-corrected chi connectivity index (χ3v) is 4.27. The Morgan fingerprint density at radius 2 is 2.25 bits per heavy atom. The Hall–Kier alpha value is -1.58. The molecule has 4 heteroatoms. The molecule has 1 aliphatic rings. The molecular formula is C16H22FNO2. The molecule has 1 aliphatic carbocycles.